The fourth-order valence-corrected chi connectivity index (χ4v) is 4.62. The zero-order valence-electron chi connectivity index (χ0n) is 13.6. The van der Waals surface area contributed by atoms with Crippen molar-refractivity contribution in [1.29, 1.82) is 0 Å². The Balaban J connectivity index is 1.72. The lowest BCUT2D eigenvalue weighted by molar-refractivity contribution is -0.0692. The van der Waals surface area contributed by atoms with Gasteiger partial charge < -0.3 is 4.74 Å². The van der Waals surface area contributed by atoms with Crippen molar-refractivity contribution in [2.75, 3.05) is 38.5 Å². The Hall–Kier alpha value is -0.170. The average Bonchev–Trinajstić information content (AvgIpc) is 2.44. The molecule has 0 aromatic carbocycles. The van der Waals surface area contributed by atoms with Crippen LogP contribution >= 0.6 is 0 Å². The van der Waals surface area contributed by atoms with Gasteiger partial charge in [-0.05, 0) is 52.5 Å². The van der Waals surface area contributed by atoms with Gasteiger partial charge in [-0.2, -0.15) is 0 Å². The van der Waals surface area contributed by atoms with Crippen LogP contribution in [0.15, 0.2) is 0 Å². The van der Waals surface area contributed by atoms with E-state index in [0.717, 1.165) is 32.5 Å². The van der Waals surface area contributed by atoms with Crippen molar-refractivity contribution in [2.24, 2.45) is 5.92 Å². The van der Waals surface area contributed by atoms with Crippen LogP contribution in [0.25, 0.3) is 0 Å². The van der Waals surface area contributed by atoms with Gasteiger partial charge in [0.05, 0.1) is 18.0 Å². The molecule has 0 bridgehead atoms. The number of rotatable bonds is 5. The molecule has 0 amide bonds. The number of hydrogen-bond donors (Lipinski definition) is 0. The number of ether oxygens (including phenoxy) is 1. The normalized spacial score (nSPS) is 30.6. The molecule has 6 heteroatoms. The van der Waals surface area contributed by atoms with Gasteiger partial charge in [-0.3, -0.25) is 4.90 Å². The molecule has 2 atom stereocenters. The van der Waals surface area contributed by atoms with E-state index in [1.54, 1.807) is 11.2 Å². The number of morpholine rings is 1. The molecular formula is C15H30N2O3S. The Kier molecular flexibility index (Phi) is 6.05. The van der Waals surface area contributed by atoms with Crippen molar-refractivity contribution in [2.45, 2.75) is 52.2 Å². The molecule has 124 valence electrons. The van der Waals surface area contributed by atoms with Gasteiger partial charge in [-0.1, -0.05) is 0 Å². The molecule has 5 nitrogen and oxygen atoms in total. The molecule has 0 aromatic heterocycles. The second-order valence-corrected chi connectivity index (χ2v) is 8.81. The van der Waals surface area contributed by atoms with Gasteiger partial charge in [0.1, 0.15) is 0 Å². The van der Waals surface area contributed by atoms with Crippen molar-refractivity contribution in [3.05, 3.63) is 0 Å². The lowest BCUT2D eigenvalue weighted by Gasteiger charge is -2.37. The van der Waals surface area contributed by atoms with Crippen LogP contribution in [0.1, 0.15) is 40.0 Å². The van der Waals surface area contributed by atoms with E-state index in [1.165, 1.54) is 6.42 Å². The number of nitrogens with zero attached hydrogens (tertiary/aromatic N) is 2. The molecular weight excluding hydrogens is 288 g/mol. The highest BCUT2D eigenvalue weighted by Gasteiger charge is 2.28. The number of sulfonamides is 1. The maximum Gasteiger partial charge on any atom is 0.213 e. The molecule has 2 rings (SSSR count). The monoisotopic (exact) mass is 318 g/mol. The zero-order chi connectivity index (χ0) is 15.5. The van der Waals surface area contributed by atoms with Crippen molar-refractivity contribution in [3.63, 3.8) is 0 Å². The predicted molar refractivity (Wildman–Crippen MR) is 84.8 cm³/mol. The largest absolute Gasteiger partial charge is 0.373 e. The van der Waals surface area contributed by atoms with Gasteiger partial charge in [0.25, 0.3) is 0 Å². The van der Waals surface area contributed by atoms with Crippen LogP contribution in [0.5, 0.6) is 0 Å². The van der Waals surface area contributed by atoms with Gasteiger partial charge in [0.15, 0.2) is 0 Å². The molecule has 2 fully saturated rings. The first-order valence-electron chi connectivity index (χ1n) is 8.26. The third-order valence-corrected chi connectivity index (χ3v) is 6.56. The lowest BCUT2D eigenvalue weighted by atomic mass is 9.94. The van der Waals surface area contributed by atoms with Crippen molar-refractivity contribution in [3.8, 4) is 0 Å². The molecule has 0 aliphatic carbocycles. The van der Waals surface area contributed by atoms with Crippen molar-refractivity contribution < 1.29 is 13.2 Å². The van der Waals surface area contributed by atoms with Crippen LogP contribution in [0.2, 0.25) is 0 Å². The second-order valence-electron chi connectivity index (χ2n) is 6.55. The topological polar surface area (TPSA) is 49.9 Å². The van der Waals surface area contributed by atoms with Gasteiger partial charge in [-0.15, -0.1) is 0 Å². The number of piperidine rings is 1. The van der Waals surface area contributed by atoms with E-state index in [9.17, 15) is 8.42 Å². The van der Waals surface area contributed by atoms with Gasteiger partial charge in [0, 0.05) is 26.2 Å². The fourth-order valence-electron chi connectivity index (χ4n) is 3.49. The Labute approximate surface area is 129 Å². The minimum Gasteiger partial charge on any atom is -0.373 e. The van der Waals surface area contributed by atoms with Crippen LogP contribution in [-0.4, -0.2) is 68.3 Å². The summed E-state index contributed by atoms with van der Waals surface area (Å²) in [6.07, 6.45) is 3.85. The van der Waals surface area contributed by atoms with E-state index >= 15 is 0 Å². The first kappa shape index (κ1) is 17.2. The van der Waals surface area contributed by atoms with E-state index in [1.807, 2.05) is 0 Å². The molecule has 2 heterocycles. The zero-order valence-corrected chi connectivity index (χ0v) is 14.4. The van der Waals surface area contributed by atoms with E-state index < -0.39 is 10.0 Å². The number of hydrogen-bond acceptors (Lipinski definition) is 4. The Morgan fingerprint density at radius 3 is 2.19 bits per heavy atom. The van der Waals surface area contributed by atoms with Crippen LogP contribution in [0.4, 0.5) is 0 Å². The molecule has 21 heavy (non-hydrogen) atoms. The summed E-state index contributed by atoms with van der Waals surface area (Å²) in [7, 11) is -2.99. The molecule has 2 aliphatic heterocycles. The van der Waals surface area contributed by atoms with Crippen LogP contribution in [0.3, 0.4) is 0 Å². The maximum absolute atomic E-state index is 11.8. The summed E-state index contributed by atoms with van der Waals surface area (Å²) in [5.41, 5.74) is 0. The molecule has 0 spiro atoms. The van der Waals surface area contributed by atoms with Crippen LogP contribution < -0.4 is 0 Å². The third kappa shape index (κ3) is 4.91. The van der Waals surface area contributed by atoms with E-state index in [0.29, 0.717) is 31.2 Å². The maximum atomic E-state index is 11.8. The highest BCUT2D eigenvalue weighted by Crippen LogP contribution is 2.23. The molecule has 0 aromatic rings. The summed E-state index contributed by atoms with van der Waals surface area (Å²) in [6.45, 7) is 10.6. The Bertz CT molecular complexity index is 409. The molecule has 0 unspecified atom stereocenters. The second kappa shape index (κ2) is 7.40. The smallest absolute Gasteiger partial charge is 0.213 e. The van der Waals surface area contributed by atoms with E-state index in [2.05, 4.69) is 18.7 Å². The summed E-state index contributed by atoms with van der Waals surface area (Å²) in [4.78, 5) is 2.49. The highest BCUT2D eigenvalue weighted by atomic mass is 32.2. The Morgan fingerprint density at radius 1 is 1.10 bits per heavy atom. The summed E-state index contributed by atoms with van der Waals surface area (Å²) in [5.74, 6) is 0.892. The summed E-state index contributed by atoms with van der Waals surface area (Å²) >= 11 is 0. The predicted octanol–water partition coefficient (Wildman–Crippen LogP) is 1.55. The first-order chi connectivity index (χ1) is 9.90. The molecule has 0 N–H and O–H groups in total. The minimum atomic E-state index is -2.99. The third-order valence-electron chi connectivity index (χ3n) is 4.68. The van der Waals surface area contributed by atoms with Crippen LogP contribution in [0, 0.1) is 5.92 Å². The van der Waals surface area contributed by atoms with Gasteiger partial charge >= 0.3 is 0 Å². The average molecular weight is 318 g/mol. The summed E-state index contributed by atoms with van der Waals surface area (Å²) in [5, 5.41) is 0. The molecule has 0 radical (unpaired) electrons. The fraction of sp³-hybridized carbons (Fsp3) is 1.00. The van der Waals surface area contributed by atoms with Crippen LogP contribution in [-0.2, 0) is 14.8 Å². The standard InChI is InChI=1S/C15H30N2O3S/c1-4-21(18,19)17-9-6-15(7-10-17)5-8-16-11-13(2)20-14(3)12-16/h13-15H,4-12H2,1-3H3/t13-,14+. The molecule has 0 saturated carbocycles. The van der Waals surface area contributed by atoms with Crippen molar-refractivity contribution >= 4 is 10.0 Å². The van der Waals surface area contributed by atoms with Crippen molar-refractivity contribution in [1.82, 2.24) is 9.21 Å². The summed E-state index contributed by atoms with van der Waals surface area (Å²) in [6, 6.07) is 0. The summed E-state index contributed by atoms with van der Waals surface area (Å²) < 4.78 is 31.1. The van der Waals surface area contributed by atoms with Gasteiger partial charge in [-0.25, -0.2) is 12.7 Å². The van der Waals surface area contributed by atoms with E-state index in [4.69, 9.17) is 4.74 Å². The molecule has 2 aliphatic rings. The lowest BCUT2D eigenvalue weighted by Crippen LogP contribution is -2.46. The minimum absolute atomic E-state index is 0.223. The quantitative estimate of drug-likeness (QED) is 0.772. The SMILES string of the molecule is CCS(=O)(=O)N1CCC(CCN2C[C@@H](C)O[C@@H](C)C2)CC1. The molecule has 2 saturated heterocycles. The van der Waals surface area contributed by atoms with Gasteiger partial charge in [0.2, 0.25) is 10.0 Å². The Morgan fingerprint density at radius 2 is 1.67 bits per heavy atom. The highest BCUT2D eigenvalue weighted by molar-refractivity contribution is 7.89. The first-order valence-corrected chi connectivity index (χ1v) is 9.87. The van der Waals surface area contributed by atoms with E-state index in [-0.39, 0.29) is 5.75 Å².